The van der Waals surface area contributed by atoms with E-state index >= 15 is 0 Å². The Bertz CT molecular complexity index is 1130. The zero-order chi connectivity index (χ0) is 24.4. The zero-order valence-corrected chi connectivity index (χ0v) is 19.3. The van der Waals surface area contributed by atoms with Gasteiger partial charge in [0.15, 0.2) is 0 Å². The number of carbonyl (C=O) groups is 1. The van der Waals surface area contributed by atoms with Crippen LogP contribution in [0.4, 0.5) is 24.5 Å². The number of sulfonamides is 1. The Balaban J connectivity index is 2.16. The van der Waals surface area contributed by atoms with Gasteiger partial charge in [-0.15, -0.1) is 0 Å². The van der Waals surface area contributed by atoms with Crippen molar-refractivity contribution in [2.75, 3.05) is 43.6 Å². The van der Waals surface area contributed by atoms with Gasteiger partial charge in [0, 0.05) is 20.1 Å². The first-order chi connectivity index (χ1) is 15.5. The number of methoxy groups -OCH3 is 2. The number of alkyl halides is 3. The second kappa shape index (κ2) is 9.50. The highest BCUT2D eigenvalue weighted by molar-refractivity contribution is 7.93. The lowest BCUT2D eigenvalue weighted by Gasteiger charge is -2.33. The molecule has 0 N–H and O–H groups in total. The summed E-state index contributed by atoms with van der Waals surface area (Å²) in [5, 5.41) is 0. The average molecular weight is 487 g/mol. The molecule has 1 saturated heterocycles. The summed E-state index contributed by atoms with van der Waals surface area (Å²) in [6.45, 7) is 1.21. The number of halogens is 3. The van der Waals surface area contributed by atoms with E-state index in [-0.39, 0.29) is 21.9 Å². The van der Waals surface area contributed by atoms with Crippen molar-refractivity contribution >= 4 is 27.4 Å². The van der Waals surface area contributed by atoms with Gasteiger partial charge in [-0.2, -0.15) is 13.2 Å². The van der Waals surface area contributed by atoms with Gasteiger partial charge in [0.25, 0.3) is 10.0 Å². The summed E-state index contributed by atoms with van der Waals surface area (Å²) < 4.78 is 78.2. The molecule has 0 bridgehead atoms. The molecule has 2 aromatic carbocycles. The fourth-order valence-corrected chi connectivity index (χ4v) is 5.14. The lowest BCUT2D eigenvalue weighted by molar-refractivity contribution is -0.137. The van der Waals surface area contributed by atoms with Gasteiger partial charge in [-0.3, -0.25) is 4.31 Å². The summed E-state index contributed by atoms with van der Waals surface area (Å²) in [5.41, 5.74) is -0.727. The summed E-state index contributed by atoms with van der Waals surface area (Å²) in [6.07, 6.45) is -1.95. The number of hydrogen-bond donors (Lipinski definition) is 0. The fraction of sp³-hybridized carbons (Fsp3) is 0.409. The Labute approximate surface area is 190 Å². The lowest BCUT2D eigenvalue weighted by Crippen LogP contribution is -2.33. The number of anilines is 2. The van der Waals surface area contributed by atoms with E-state index in [1.54, 1.807) is 0 Å². The standard InChI is InChI=1S/C22H25F3N2O5S/c1-26(33(29,30)20-13-15(21(28)32-3)7-10-19(20)31-2)18-14-16(22(23,24)25)8-9-17(18)27-11-5-4-6-12-27/h7-10,13-14H,4-6,11-12H2,1-3H3. The van der Waals surface area contributed by atoms with E-state index in [0.29, 0.717) is 18.8 Å². The van der Waals surface area contributed by atoms with Crippen molar-refractivity contribution in [1.82, 2.24) is 0 Å². The highest BCUT2D eigenvalue weighted by Crippen LogP contribution is 2.40. The maximum atomic E-state index is 13.6. The van der Waals surface area contributed by atoms with Crippen LogP contribution in [0.15, 0.2) is 41.3 Å². The molecule has 3 rings (SSSR count). The smallest absolute Gasteiger partial charge is 0.416 e. The molecule has 11 heteroatoms. The molecule has 0 aromatic heterocycles. The predicted molar refractivity (Wildman–Crippen MR) is 117 cm³/mol. The molecule has 1 aliphatic rings. The largest absolute Gasteiger partial charge is 0.495 e. The molecule has 0 unspecified atom stereocenters. The van der Waals surface area contributed by atoms with Gasteiger partial charge in [-0.05, 0) is 55.7 Å². The van der Waals surface area contributed by atoms with Crippen LogP contribution in [-0.2, 0) is 20.9 Å². The number of benzene rings is 2. The van der Waals surface area contributed by atoms with Gasteiger partial charge < -0.3 is 14.4 Å². The van der Waals surface area contributed by atoms with Crippen LogP contribution in [0.3, 0.4) is 0 Å². The van der Waals surface area contributed by atoms with E-state index in [9.17, 15) is 26.4 Å². The predicted octanol–water partition coefficient (Wildman–Crippen LogP) is 4.32. The Kier molecular flexibility index (Phi) is 7.11. The Morgan fingerprint density at radius 1 is 1.03 bits per heavy atom. The molecule has 0 saturated carbocycles. The molecule has 7 nitrogen and oxygen atoms in total. The molecule has 2 aromatic rings. The highest BCUT2D eigenvalue weighted by Gasteiger charge is 2.35. The van der Waals surface area contributed by atoms with Crippen molar-refractivity contribution in [2.24, 2.45) is 0 Å². The molecule has 0 radical (unpaired) electrons. The van der Waals surface area contributed by atoms with Gasteiger partial charge in [0.1, 0.15) is 10.6 Å². The number of carbonyl (C=O) groups excluding carboxylic acids is 1. The van der Waals surface area contributed by atoms with Crippen LogP contribution >= 0.6 is 0 Å². The van der Waals surface area contributed by atoms with Crippen molar-refractivity contribution in [3.8, 4) is 5.75 Å². The minimum Gasteiger partial charge on any atom is -0.495 e. The van der Waals surface area contributed by atoms with Gasteiger partial charge >= 0.3 is 12.1 Å². The molecule has 1 fully saturated rings. The molecule has 180 valence electrons. The van der Waals surface area contributed by atoms with Crippen molar-refractivity contribution < 1.29 is 35.9 Å². The summed E-state index contributed by atoms with van der Waals surface area (Å²) in [4.78, 5) is 13.5. The van der Waals surface area contributed by atoms with E-state index in [1.165, 1.54) is 32.4 Å². The summed E-state index contributed by atoms with van der Waals surface area (Å²) in [6, 6.07) is 6.81. The number of piperidine rings is 1. The molecule has 0 aliphatic carbocycles. The van der Waals surface area contributed by atoms with E-state index in [0.717, 1.165) is 48.9 Å². The molecule has 0 atom stereocenters. The lowest BCUT2D eigenvalue weighted by atomic mass is 10.1. The average Bonchev–Trinajstić information content (AvgIpc) is 2.82. The van der Waals surface area contributed by atoms with E-state index in [2.05, 4.69) is 4.74 Å². The molecule has 1 aliphatic heterocycles. The highest BCUT2D eigenvalue weighted by atomic mass is 32.2. The minimum atomic E-state index is -4.65. The van der Waals surface area contributed by atoms with Crippen molar-refractivity contribution in [3.63, 3.8) is 0 Å². The zero-order valence-electron chi connectivity index (χ0n) is 18.5. The first-order valence-corrected chi connectivity index (χ1v) is 11.7. The second-order valence-corrected chi connectivity index (χ2v) is 9.52. The Hall–Kier alpha value is -2.95. The summed E-state index contributed by atoms with van der Waals surface area (Å²) in [5.74, 6) is -0.814. The maximum absolute atomic E-state index is 13.6. The monoisotopic (exact) mass is 486 g/mol. The topological polar surface area (TPSA) is 76.1 Å². The quantitative estimate of drug-likeness (QED) is 0.567. The molecule has 33 heavy (non-hydrogen) atoms. The van der Waals surface area contributed by atoms with E-state index < -0.39 is 27.7 Å². The Morgan fingerprint density at radius 3 is 2.27 bits per heavy atom. The molecule has 0 amide bonds. The molecular weight excluding hydrogens is 461 g/mol. The van der Waals surface area contributed by atoms with Gasteiger partial charge in [-0.1, -0.05) is 0 Å². The van der Waals surface area contributed by atoms with Crippen molar-refractivity contribution in [2.45, 2.75) is 30.3 Å². The minimum absolute atomic E-state index is 0.0365. The normalized spacial score (nSPS) is 14.7. The van der Waals surface area contributed by atoms with Gasteiger partial charge in [0.2, 0.25) is 0 Å². The first kappa shape index (κ1) is 24.7. The number of nitrogens with zero attached hydrogens (tertiary/aromatic N) is 2. The number of ether oxygens (including phenoxy) is 2. The van der Waals surface area contributed by atoms with Crippen LogP contribution in [-0.4, -0.2) is 48.7 Å². The van der Waals surface area contributed by atoms with E-state index in [1.807, 2.05) is 4.90 Å². The number of hydrogen-bond acceptors (Lipinski definition) is 6. The molecule has 0 spiro atoms. The molecular formula is C22H25F3N2O5S. The molecule has 1 heterocycles. The van der Waals surface area contributed by atoms with Crippen LogP contribution in [0.25, 0.3) is 0 Å². The number of esters is 1. The van der Waals surface area contributed by atoms with Crippen molar-refractivity contribution in [1.29, 1.82) is 0 Å². The van der Waals surface area contributed by atoms with Gasteiger partial charge in [-0.25, -0.2) is 13.2 Å². The third-order valence-electron chi connectivity index (χ3n) is 5.56. The van der Waals surface area contributed by atoms with Crippen molar-refractivity contribution in [3.05, 3.63) is 47.5 Å². The van der Waals surface area contributed by atoms with Crippen LogP contribution in [0.2, 0.25) is 0 Å². The van der Waals surface area contributed by atoms with Crippen LogP contribution in [0.1, 0.15) is 35.2 Å². The third-order valence-corrected chi connectivity index (χ3v) is 7.35. The fourth-order valence-electron chi connectivity index (χ4n) is 3.75. The third kappa shape index (κ3) is 5.02. The first-order valence-electron chi connectivity index (χ1n) is 10.2. The number of rotatable bonds is 6. The Morgan fingerprint density at radius 2 is 1.70 bits per heavy atom. The second-order valence-electron chi connectivity index (χ2n) is 7.58. The SMILES string of the molecule is COC(=O)c1ccc(OC)c(S(=O)(=O)N(C)c2cc(C(F)(F)F)ccc2N2CCCCC2)c1. The maximum Gasteiger partial charge on any atom is 0.416 e. The summed E-state index contributed by atoms with van der Waals surface area (Å²) >= 11 is 0. The van der Waals surface area contributed by atoms with Crippen LogP contribution in [0, 0.1) is 0 Å². The van der Waals surface area contributed by atoms with Gasteiger partial charge in [0.05, 0.1) is 36.7 Å². The van der Waals surface area contributed by atoms with E-state index in [4.69, 9.17) is 4.74 Å². The van der Waals surface area contributed by atoms with Crippen LogP contribution in [0.5, 0.6) is 5.75 Å². The van der Waals surface area contributed by atoms with Crippen LogP contribution < -0.4 is 13.9 Å². The summed E-state index contributed by atoms with van der Waals surface area (Å²) in [7, 11) is -0.820.